The second-order valence-corrected chi connectivity index (χ2v) is 3.05. The molecule has 0 bridgehead atoms. The molecule has 1 rings (SSSR count). The predicted octanol–water partition coefficient (Wildman–Crippen LogP) is 2.76. The third-order valence-corrected chi connectivity index (χ3v) is 1.65. The lowest BCUT2D eigenvalue weighted by molar-refractivity contribution is 1.51. The number of hydrogen-bond donors (Lipinski definition) is 1. The number of hydrogen-bond acceptors (Lipinski definition) is 2. The van der Waals surface area contributed by atoms with Gasteiger partial charge in [-0.3, -0.25) is 0 Å². The van der Waals surface area contributed by atoms with Gasteiger partial charge in [0.05, 0.1) is 0 Å². The van der Waals surface area contributed by atoms with Gasteiger partial charge >= 0.3 is 0 Å². The molecule has 3 heteroatoms. The summed E-state index contributed by atoms with van der Waals surface area (Å²) in [5.74, 6) is 0.656. The summed E-state index contributed by atoms with van der Waals surface area (Å²) in [4.78, 5) is 4.26. The molecule has 0 fully saturated rings. The highest BCUT2D eigenvalue weighted by Gasteiger charge is 1.98. The van der Waals surface area contributed by atoms with Crippen LogP contribution < -0.4 is 0 Å². The minimum atomic E-state index is 0.656. The lowest BCUT2D eigenvalue weighted by Gasteiger charge is -1.99. The van der Waals surface area contributed by atoms with Gasteiger partial charge in [-0.05, 0) is 26.7 Å². The second-order valence-electron chi connectivity index (χ2n) is 2.85. The summed E-state index contributed by atoms with van der Waals surface area (Å²) in [6.45, 7) is 3.86. The van der Waals surface area contributed by atoms with Gasteiger partial charge in [-0.15, -0.1) is 0 Å². The molecule has 0 unspecified atom stereocenters. The lowest BCUT2D eigenvalue weighted by atomic mass is 10.2. The summed E-state index contributed by atoms with van der Waals surface area (Å²) in [6.07, 6.45) is 0. The van der Waals surface area contributed by atoms with Crippen LogP contribution in [0.4, 0.5) is 0 Å². The van der Waals surface area contributed by atoms with Gasteiger partial charge in [-0.2, -0.15) is 4.40 Å². The van der Waals surface area contributed by atoms with Crippen molar-refractivity contribution in [2.75, 3.05) is 0 Å². The van der Waals surface area contributed by atoms with Crippen LogP contribution in [0.5, 0.6) is 0 Å². The number of rotatable bonds is 1. The van der Waals surface area contributed by atoms with Gasteiger partial charge in [-0.25, -0.2) is 4.99 Å². The number of nitrogens with zero attached hydrogens (tertiary/aromatic N) is 2. The first kappa shape index (κ1) is 9.99. The highest BCUT2D eigenvalue weighted by molar-refractivity contribution is 7.79. The van der Waals surface area contributed by atoms with E-state index in [4.69, 9.17) is 0 Å². The van der Waals surface area contributed by atoms with E-state index < -0.39 is 0 Å². The van der Waals surface area contributed by atoms with Gasteiger partial charge in [-0.1, -0.05) is 30.3 Å². The molecule has 1 aromatic carbocycles. The van der Waals surface area contributed by atoms with Crippen LogP contribution >= 0.6 is 12.8 Å². The van der Waals surface area contributed by atoms with Crippen LogP contribution in [0.25, 0.3) is 0 Å². The topological polar surface area (TPSA) is 24.7 Å². The van der Waals surface area contributed by atoms with Gasteiger partial charge in [0.15, 0.2) is 5.84 Å². The van der Waals surface area contributed by atoms with Crippen molar-refractivity contribution in [3.8, 4) is 0 Å². The molecule has 0 heterocycles. The molecule has 0 saturated carbocycles. The number of thiol groups is 1. The van der Waals surface area contributed by atoms with Crippen LogP contribution in [0.2, 0.25) is 0 Å². The maximum Gasteiger partial charge on any atom is 0.166 e. The summed E-state index contributed by atoms with van der Waals surface area (Å²) in [5.41, 5.74) is 1.95. The van der Waals surface area contributed by atoms with Crippen molar-refractivity contribution in [1.82, 2.24) is 0 Å². The smallest absolute Gasteiger partial charge is 0.166 e. The first-order valence-electron chi connectivity index (χ1n) is 4.03. The van der Waals surface area contributed by atoms with E-state index in [2.05, 4.69) is 22.2 Å². The third kappa shape index (κ3) is 3.03. The Kier molecular flexibility index (Phi) is 3.71. The zero-order chi connectivity index (χ0) is 9.68. The fraction of sp³-hybridized carbons (Fsp3) is 0.200. The van der Waals surface area contributed by atoms with E-state index in [1.54, 1.807) is 0 Å². The van der Waals surface area contributed by atoms with Crippen LogP contribution in [0.1, 0.15) is 19.4 Å². The highest BCUT2D eigenvalue weighted by atomic mass is 32.1. The van der Waals surface area contributed by atoms with Gasteiger partial charge in [0.1, 0.15) is 0 Å². The highest BCUT2D eigenvalue weighted by Crippen LogP contribution is 2.03. The summed E-state index contributed by atoms with van der Waals surface area (Å²) in [7, 11) is 0. The van der Waals surface area contributed by atoms with Crippen LogP contribution in [0.3, 0.4) is 0 Å². The van der Waals surface area contributed by atoms with Crippen molar-refractivity contribution in [3.63, 3.8) is 0 Å². The summed E-state index contributed by atoms with van der Waals surface area (Å²) in [6, 6.07) is 9.79. The molecular weight excluding hydrogens is 180 g/mol. The Balaban J connectivity index is 3.00. The minimum absolute atomic E-state index is 0.656. The second kappa shape index (κ2) is 4.82. The van der Waals surface area contributed by atoms with Gasteiger partial charge in [0, 0.05) is 11.3 Å². The summed E-state index contributed by atoms with van der Waals surface area (Å²) < 4.78 is 3.82. The van der Waals surface area contributed by atoms with Gasteiger partial charge in [0.25, 0.3) is 0 Å². The zero-order valence-corrected chi connectivity index (χ0v) is 8.62. The fourth-order valence-corrected chi connectivity index (χ4v) is 1.10. The molecule has 68 valence electrons. The zero-order valence-electron chi connectivity index (χ0n) is 7.73. The first-order chi connectivity index (χ1) is 6.24. The molecule has 0 aliphatic carbocycles. The molecule has 0 amide bonds. The lowest BCUT2D eigenvalue weighted by Crippen LogP contribution is -1.98. The Morgan fingerprint density at radius 3 is 2.23 bits per heavy atom. The molecule has 13 heavy (non-hydrogen) atoms. The number of aliphatic imine (C=N–C) groups is 1. The van der Waals surface area contributed by atoms with Crippen molar-refractivity contribution in [1.29, 1.82) is 0 Å². The van der Waals surface area contributed by atoms with E-state index in [1.165, 1.54) is 0 Å². The van der Waals surface area contributed by atoms with Crippen molar-refractivity contribution in [2.45, 2.75) is 13.8 Å². The van der Waals surface area contributed by atoms with E-state index >= 15 is 0 Å². The monoisotopic (exact) mass is 192 g/mol. The molecule has 0 aliphatic heterocycles. The molecule has 0 radical (unpaired) electrons. The van der Waals surface area contributed by atoms with Crippen LogP contribution in [0.15, 0.2) is 39.7 Å². The van der Waals surface area contributed by atoms with Crippen molar-refractivity contribution in [2.24, 2.45) is 9.39 Å². The Morgan fingerprint density at radius 1 is 1.15 bits per heavy atom. The quantitative estimate of drug-likeness (QED) is 0.402. The van der Waals surface area contributed by atoms with Crippen molar-refractivity contribution < 1.29 is 0 Å². The van der Waals surface area contributed by atoms with Crippen molar-refractivity contribution in [3.05, 3.63) is 35.9 Å². The third-order valence-electron chi connectivity index (χ3n) is 1.46. The summed E-state index contributed by atoms with van der Waals surface area (Å²) in [5, 5.41) is 0. The Hall–Kier alpha value is -1.09. The average Bonchev–Trinajstić information content (AvgIpc) is 2.15. The van der Waals surface area contributed by atoms with E-state index in [9.17, 15) is 0 Å². The molecule has 1 aromatic rings. The van der Waals surface area contributed by atoms with Crippen molar-refractivity contribution >= 4 is 24.4 Å². The predicted molar refractivity (Wildman–Crippen MR) is 60.7 cm³/mol. The molecule has 0 aliphatic rings. The molecule has 0 atom stereocenters. The maximum absolute atomic E-state index is 4.26. The van der Waals surface area contributed by atoms with E-state index in [0.29, 0.717) is 5.84 Å². The Labute approximate surface area is 84.0 Å². The number of amidine groups is 1. The molecule has 0 spiro atoms. The summed E-state index contributed by atoms with van der Waals surface area (Å²) >= 11 is 3.88. The van der Waals surface area contributed by atoms with E-state index in [0.717, 1.165) is 11.3 Å². The Morgan fingerprint density at radius 2 is 1.77 bits per heavy atom. The minimum Gasteiger partial charge on any atom is -0.238 e. The molecule has 0 N–H and O–H groups in total. The fourth-order valence-electron chi connectivity index (χ4n) is 0.944. The molecule has 0 aromatic heterocycles. The average molecular weight is 192 g/mol. The number of benzene rings is 1. The Bertz CT molecular complexity index is 324. The van der Waals surface area contributed by atoms with E-state index in [-0.39, 0.29) is 0 Å². The molecular formula is C10H12N2S. The van der Waals surface area contributed by atoms with Gasteiger partial charge < -0.3 is 0 Å². The SMILES string of the molecule is CC(C)=N/C(=N\S)c1ccccc1. The van der Waals surface area contributed by atoms with Crippen LogP contribution in [-0.2, 0) is 0 Å². The normalized spacial score (nSPS) is 11.2. The first-order valence-corrected chi connectivity index (χ1v) is 4.43. The maximum atomic E-state index is 4.26. The standard InChI is InChI=1S/C10H12N2S/c1-8(2)11-10(12-13)9-6-4-3-5-7-9/h3-7,13H,1-2H3/b12-10-. The molecule has 0 saturated heterocycles. The van der Waals surface area contributed by atoms with E-state index in [1.807, 2.05) is 44.2 Å². The van der Waals surface area contributed by atoms with Crippen LogP contribution in [0, 0.1) is 0 Å². The largest absolute Gasteiger partial charge is 0.238 e. The van der Waals surface area contributed by atoms with Gasteiger partial charge in [0.2, 0.25) is 0 Å². The van der Waals surface area contributed by atoms with Crippen LogP contribution in [-0.4, -0.2) is 11.5 Å². The molecule has 2 nitrogen and oxygen atoms in total.